The van der Waals surface area contributed by atoms with Gasteiger partial charge in [0, 0.05) is 89.4 Å². The minimum absolute atomic E-state index is 0.0141. The standard InChI is InChI=1S/C20H21FN4O3.2C12H12FIN4O.C8H11BO4.C7H3F4NO5S.C7H11NO.C6H3FINO2.C6H5FIN.C6H4FNO3/c1-4-9-23-20(26)19-17(22)13-7-8-14(21)16(18(13)24-25-19)12-6-5-11(27-2)10-15(12)28-3;1-2-5-16-12(19)11-9(15)6-3-4-7(13)8(14)10(6)17-18-11;1-2-6-16-12(19)10(7-15)18-17-9-5-3-4-8(13)11(9)14;1-12-6-3-4-7(9(10)11)8(5-6)13-2;8-4-2-1-3-5(12(13)14)6(4)17-18(15,16)7(9,10)11;1-3-4-5-7(9)6-8-2;7-4-2-1-3-5(6(4)8)9(10)11;7-4-2-1-3-5(9)6(4)8;7-4-2-1-3-5(6(4)9)8(10)11/h5-8,10H,4,9H2,1-3H3,(H2,22,24)(H,23,26);3-4H,2,5H2,1H3,(H2,15,17)(H,16,19);3-5,17H,2,6H2,1H3,(H,16,19);3-5,10-11H,1-2H3;1-3H;3-6H2,1H3;1-3H;1-3H,9H2;1-3,9H/b;;18-10+;;;;;;. The van der Waals surface area contributed by atoms with Crippen molar-refractivity contribution in [3.63, 3.8) is 0 Å². The number of phenolic OH excluding ortho intramolecular Hbond substituents is 1. The van der Waals surface area contributed by atoms with Crippen LogP contribution < -0.4 is 67.2 Å². The molecular weight excluding hydrogens is 2310 g/mol. The third-order valence-corrected chi connectivity index (χ3v) is 22.0. The van der Waals surface area contributed by atoms with Gasteiger partial charge in [0.05, 0.1) is 71.0 Å². The van der Waals surface area contributed by atoms with E-state index in [1.807, 2.05) is 95.5 Å². The fourth-order valence-corrected chi connectivity index (χ4v) is 12.4. The molecule has 0 bridgehead atoms. The monoisotopic (exact) mass is 2390 g/mol. The van der Waals surface area contributed by atoms with Crippen molar-refractivity contribution >= 4 is 204 Å². The highest BCUT2D eigenvalue weighted by Gasteiger charge is 2.50. The molecule has 11 aromatic rings. The number of nitrogens with two attached hydrogens (primary N) is 3. The molecule has 2 aromatic heterocycles. The van der Waals surface area contributed by atoms with Gasteiger partial charge < -0.3 is 76.3 Å². The number of phenols is 1. The third kappa shape index (κ3) is 36.1. The lowest BCUT2D eigenvalue weighted by atomic mass is 9.79. The number of hydrogen-bond donors (Lipinski definition) is 10. The second-order valence-corrected chi connectivity index (χ2v) is 32.1. The number of rotatable bonds is 26. The molecule has 53 heteroatoms. The number of nitrogen functional groups attached to an aromatic ring is 3. The number of unbranched alkanes of at least 4 members (excludes halogenated alkanes) is 1. The first-order chi connectivity index (χ1) is 64.7. The number of benzene rings is 9. The molecule has 0 saturated heterocycles. The Kier molecular flexibility index (Phi) is 50.7. The van der Waals surface area contributed by atoms with Crippen LogP contribution in [0.25, 0.3) is 37.8 Å². The van der Waals surface area contributed by atoms with E-state index in [2.05, 4.69) is 55.9 Å². The number of amides is 3. The molecule has 0 atom stereocenters. The highest BCUT2D eigenvalue weighted by molar-refractivity contribution is 14.1. The maximum absolute atomic E-state index is 14.8. The fraction of sp³-hybridized carbons (Fsp3) is 0.226. The van der Waals surface area contributed by atoms with E-state index in [-0.39, 0.29) is 78.7 Å². The van der Waals surface area contributed by atoms with Gasteiger partial charge in [0.2, 0.25) is 17.2 Å². The Morgan fingerprint density at radius 2 is 1.01 bits per heavy atom. The molecule has 0 aliphatic heterocycles. The zero-order valence-corrected chi connectivity index (χ0v) is 82.2. The minimum atomic E-state index is -6.17. The molecule has 0 aliphatic rings. The lowest BCUT2D eigenvalue weighted by Gasteiger charge is -2.14. The summed E-state index contributed by atoms with van der Waals surface area (Å²) in [6.07, 6.45) is 4.89. The van der Waals surface area contributed by atoms with Gasteiger partial charge in [-0.15, -0.1) is 20.4 Å². The summed E-state index contributed by atoms with van der Waals surface area (Å²) in [6, 6.07) is 35.0. The number of nitro benzene ring substituents is 3. The maximum atomic E-state index is 14.8. The average molecular weight is 2390 g/mol. The molecule has 37 nitrogen and oxygen atoms in total. The maximum Gasteiger partial charge on any atom is 0.534 e. The number of aromatic nitrogens is 4. The molecule has 3 amide bonds. The van der Waals surface area contributed by atoms with Gasteiger partial charge in [0.1, 0.15) is 72.8 Å². The molecule has 730 valence electrons. The summed E-state index contributed by atoms with van der Waals surface area (Å²) >= 11 is 7.12. The number of carbonyl (C=O) groups excluding carboxylic acids is 4. The van der Waals surface area contributed by atoms with E-state index in [9.17, 15) is 102 Å². The van der Waals surface area contributed by atoms with E-state index >= 15 is 0 Å². The minimum Gasteiger partial charge on any atom is -0.500 e. The number of methoxy groups -OCH3 is 4. The molecule has 0 aliphatic carbocycles. The number of aromatic hydroxyl groups is 1. The van der Waals surface area contributed by atoms with Crippen molar-refractivity contribution in [2.75, 3.05) is 77.2 Å². The number of anilines is 4. The van der Waals surface area contributed by atoms with Gasteiger partial charge in [-0.1, -0.05) is 70.5 Å². The summed E-state index contributed by atoms with van der Waals surface area (Å²) < 4.78 is 174. The van der Waals surface area contributed by atoms with Crippen LogP contribution in [-0.4, -0.2) is 155 Å². The number of Topliss-reactive ketones (excluding diaryl/α,β-unsaturated/α-hetero) is 1. The molecule has 0 radical (unpaired) electrons. The van der Waals surface area contributed by atoms with Crippen molar-refractivity contribution in [1.82, 2.24) is 36.3 Å². The first kappa shape index (κ1) is 118. The van der Waals surface area contributed by atoms with Crippen LogP contribution in [0.1, 0.15) is 87.2 Å². The van der Waals surface area contributed by atoms with Crippen LogP contribution in [-0.2, 0) is 19.7 Å². The molecule has 0 unspecified atom stereocenters. The van der Waals surface area contributed by atoms with Crippen LogP contribution in [0, 0.1) is 103 Å². The van der Waals surface area contributed by atoms with Crippen LogP contribution in [0.4, 0.5) is 83.7 Å². The molecule has 0 fully saturated rings. The number of hydrazone groups is 1. The van der Waals surface area contributed by atoms with Gasteiger partial charge >= 0.3 is 34.1 Å². The number of carbonyl (C=O) groups is 4. The van der Waals surface area contributed by atoms with E-state index in [1.165, 1.54) is 89.1 Å². The van der Waals surface area contributed by atoms with E-state index in [0.717, 1.165) is 56.4 Å². The molecule has 11 rings (SSSR count). The summed E-state index contributed by atoms with van der Waals surface area (Å²) in [5.41, 5.74) is 14.8. The zero-order chi connectivity index (χ0) is 103. The predicted molar refractivity (Wildman–Crippen MR) is 521 cm³/mol. The molecule has 137 heavy (non-hydrogen) atoms. The lowest BCUT2D eigenvalue weighted by molar-refractivity contribution is -0.386. The normalized spacial score (nSPS) is 10.4. The second kappa shape index (κ2) is 58.9. The first-order valence-electron chi connectivity index (χ1n) is 38.8. The largest absolute Gasteiger partial charge is 0.534 e. The van der Waals surface area contributed by atoms with Crippen LogP contribution in [0.5, 0.6) is 34.5 Å². The van der Waals surface area contributed by atoms with E-state index < -0.39 is 101 Å². The summed E-state index contributed by atoms with van der Waals surface area (Å²) in [7, 11) is -1.69. The molecular formula is C84H82BF10I4N17O20S. The van der Waals surface area contributed by atoms with Gasteiger partial charge in [-0.3, -0.25) is 54.9 Å². The van der Waals surface area contributed by atoms with E-state index in [1.54, 1.807) is 83.3 Å². The van der Waals surface area contributed by atoms with Crippen LogP contribution in [0.15, 0.2) is 157 Å². The molecule has 13 N–H and O–H groups in total. The highest BCUT2D eigenvalue weighted by Crippen LogP contribution is 2.41. The van der Waals surface area contributed by atoms with Gasteiger partial charge in [0.25, 0.3) is 35.7 Å². The van der Waals surface area contributed by atoms with Gasteiger partial charge in [-0.2, -0.15) is 32.0 Å². The van der Waals surface area contributed by atoms with E-state index in [4.69, 9.17) is 63.1 Å². The fourth-order valence-electron chi connectivity index (χ4n) is 9.96. The van der Waals surface area contributed by atoms with Crippen molar-refractivity contribution in [2.24, 2.45) is 5.10 Å². The topological polar surface area (TPSA) is 557 Å². The number of fused-ring (bicyclic) bond motifs is 2. The second-order valence-electron chi connectivity index (χ2n) is 26.2. The lowest BCUT2D eigenvalue weighted by Crippen LogP contribution is -2.31. The number of nitro groups is 3. The van der Waals surface area contributed by atoms with Gasteiger partial charge in [0.15, 0.2) is 23.0 Å². The Bertz CT molecular complexity index is 6250. The summed E-state index contributed by atoms with van der Waals surface area (Å²) in [4.78, 5) is 77.1. The highest BCUT2D eigenvalue weighted by atomic mass is 127. The zero-order valence-electron chi connectivity index (χ0n) is 72.8. The third-order valence-electron chi connectivity index (χ3n) is 16.7. The Morgan fingerprint density at radius 1 is 0.562 bits per heavy atom. The number of alkyl halides is 3. The molecule has 0 spiro atoms. The Hall–Kier alpha value is -13.3. The number of ketones is 1. The molecule has 2 heterocycles. The van der Waals surface area contributed by atoms with Crippen LogP contribution in [0.3, 0.4) is 0 Å². The summed E-state index contributed by atoms with van der Waals surface area (Å²) in [6.45, 7) is 15.8. The van der Waals surface area contributed by atoms with Crippen LogP contribution >= 0.6 is 90.4 Å². The number of para-hydroxylation sites is 2. The van der Waals surface area contributed by atoms with Crippen molar-refractivity contribution in [3.8, 4) is 51.7 Å². The number of nitrogens with one attached hydrogen (secondary N) is 4. The number of halogens is 14. The Morgan fingerprint density at radius 3 is 1.48 bits per heavy atom. The van der Waals surface area contributed by atoms with Gasteiger partial charge in [-0.25, -0.2) is 37.3 Å². The summed E-state index contributed by atoms with van der Waals surface area (Å²) in [5, 5.41) is 94.5. The molecule has 9 aromatic carbocycles. The number of hydrogen-bond acceptors (Lipinski definition) is 30. The van der Waals surface area contributed by atoms with Crippen LogP contribution in [0.2, 0.25) is 0 Å². The Labute approximate surface area is 829 Å². The summed E-state index contributed by atoms with van der Waals surface area (Å²) in [5.74, 6) is -6.48. The number of nitriles is 1. The number of nitrogens with zero attached hydrogens (tertiary/aromatic N) is 10. The predicted octanol–water partition coefficient (Wildman–Crippen LogP) is 16.3. The SMILES string of the molecule is CCCNC(=O)/C(C#N)=N/Nc1cccc(F)c1I.CCCNC(=O)c1nnc2c(-c3ccc(OC)cc3OC)c(F)ccc2c1N.CCCNC(=O)c1nnc2c(I)c(F)ccc2c1N.COc1ccc(B(O)O)c(OC)c1.Nc1cccc(F)c1I.O=[N+]([O-])c1cccc(F)c1I.O=[N+]([O-])c1cccc(F)c1O.O=[N+]([O-])c1cccc(F)c1OS(=O)(=O)C(F)(F)F.[C-]#[N+]CC(=O)CCCC. The quantitative estimate of drug-likeness (QED) is 0.00230. The van der Waals surface area contributed by atoms with E-state index in [0.29, 0.717) is 111 Å². The first-order valence-corrected chi connectivity index (χ1v) is 44.6. The van der Waals surface area contributed by atoms with Crippen molar-refractivity contribution in [3.05, 3.63) is 260 Å². The number of ether oxygens (including phenoxy) is 4. The molecule has 0 saturated carbocycles. The van der Waals surface area contributed by atoms with Crippen molar-refractivity contribution < 1.29 is 125 Å². The Balaban J connectivity index is 0.000000406. The van der Waals surface area contributed by atoms with Crippen molar-refractivity contribution in [2.45, 2.75) is 71.7 Å². The van der Waals surface area contributed by atoms with Gasteiger partial charge in [-0.05, 0) is 201 Å². The van der Waals surface area contributed by atoms with Crippen molar-refractivity contribution in [1.29, 1.82) is 5.26 Å². The average Bonchev–Trinajstić information content (AvgIpc) is 0.756. The smallest absolute Gasteiger partial charge is 0.500 e.